The molecule has 0 saturated heterocycles. The van der Waals surface area contributed by atoms with E-state index in [1.54, 1.807) is 11.8 Å². The van der Waals surface area contributed by atoms with Gasteiger partial charge in [0, 0.05) is 11.0 Å². The molecule has 1 saturated carbocycles. The molecular formula is C15H26N2O5S. The van der Waals surface area contributed by atoms with Crippen molar-refractivity contribution >= 4 is 29.6 Å². The van der Waals surface area contributed by atoms with Crippen molar-refractivity contribution in [3.63, 3.8) is 0 Å². The highest BCUT2D eigenvalue weighted by molar-refractivity contribution is 8.00. The zero-order valence-corrected chi connectivity index (χ0v) is 14.6. The molecule has 0 heterocycles. The molecule has 0 radical (unpaired) electrons. The van der Waals surface area contributed by atoms with E-state index in [4.69, 9.17) is 15.6 Å². The van der Waals surface area contributed by atoms with Crippen LogP contribution in [0.2, 0.25) is 0 Å². The first-order valence-corrected chi connectivity index (χ1v) is 8.78. The van der Waals surface area contributed by atoms with E-state index in [1.165, 1.54) is 7.11 Å². The molecule has 2 unspecified atom stereocenters. The molecule has 0 aromatic rings. The predicted molar refractivity (Wildman–Crippen MR) is 88.0 cm³/mol. The summed E-state index contributed by atoms with van der Waals surface area (Å²) in [6.45, 7) is 4.38. The first kappa shape index (κ1) is 19.8. The highest BCUT2D eigenvalue weighted by Gasteiger charge is 2.33. The Labute approximate surface area is 140 Å². The molecule has 0 aliphatic heterocycles. The average molecular weight is 346 g/mol. The third-order valence-corrected chi connectivity index (χ3v) is 6.03. The SMILES string of the molecule is COC(=O)[C@H](CSC1C(C)CCC1C)NC(=O)[C@@H](N)CC(=O)O. The Morgan fingerprint density at radius 2 is 1.87 bits per heavy atom. The maximum absolute atomic E-state index is 11.9. The number of carbonyl (C=O) groups is 3. The number of carbonyl (C=O) groups excluding carboxylic acids is 2. The number of hydrogen-bond acceptors (Lipinski definition) is 6. The topological polar surface area (TPSA) is 119 Å². The van der Waals surface area contributed by atoms with E-state index in [2.05, 4.69) is 19.2 Å². The van der Waals surface area contributed by atoms with Gasteiger partial charge in [0.25, 0.3) is 0 Å². The van der Waals surface area contributed by atoms with Gasteiger partial charge in [0.05, 0.1) is 19.6 Å². The van der Waals surface area contributed by atoms with Crippen LogP contribution in [0.25, 0.3) is 0 Å². The van der Waals surface area contributed by atoms with E-state index in [0.717, 1.165) is 12.8 Å². The Morgan fingerprint density at radius 1 is 1.30 bits per heavy atom. The van der Waals surface area contributed by atoms with Crippen molar-refractivity contribution in [3.05, 3.63) is 0 Å². The lowest BCUT2D eigenvalue weighted by Gasteiger charge is -2.23. The second-order valence-corrected chi connectivity index (χ2v) is 7.33. The first-order valence-electron chi connectivity index (χ1n) is 7.73. The van der Waals surface area contributed by atoms with Crippen molar-refractivity contribution in [1.29, 1.82) is 0 Å². The van der Waals surface area contributed by atoms with Gasteiger partial charge in [-0.3, -0.25) is 9.59 Å². The predicted octanol–water partition coefficient (Wildman–Crippen LogP) is 0.614. The molecule has 4 atom stereocenters. The summed E-state index contributed by atoms with van der Waals surface area (Å²) in [7, 11) is 1.25. The molecule has 0 spiro atoms. The van der Waals surface area contributed by atoms with E-state index in [9.17, 15) is 14.4 Å². The highest BCUT2D eigenvalue weighted by Crippen LogP contribution is 2.39. The Kier molecular flexibility index (Phi) is 7.84. The van der Waals surface area contributed by atoms with Crippen LogP contribution < -0.4 is 11.1 Å². The summed E-state index contributed by atoms with van der Waals surface area (Å²) < 4.78 is 4.72. The molecule has 0 aromatic carbocycles. The minimum atomic E-state index is -1.19. The molecule has 23 heavy (non-hydrogen) atoms. The van der Waals surface area contributed by atoms with Crippen LogP contribution in [0.4, 0.5) is 0 Å². The summed E-state index contributed by atoms with van der Waals surface area (Å²) in [5.74, 6) is -0.846. The standard InChI is InChI=1S/C15H26N2O5S/c1-8-4-5-9(2)13(8)23-7-11(15(21)22-3)17-14(20)10(16)6-12(18)19/h8-11,13H,4-7,16H2,1-3H3,(H,17,20)(H,18,19)/t8?,9?,10-,11-,13?/m0/s1. The average Bonchev–Trinajstić information content (AvgIpc) is 2.80. The fraction of sp³-hybridized carbons (Fsp3) is 0.800. The van der Waals surface area contributed by atoms with Gasteiger partial charge in [0.15, 0.2) is 0 Å². The third-order valence-electron chi connectivity index (χ3n) is 4.19. The van der Waals surface area contributed by atoms with Gasteiger partial charge in [-0.15, -0.1) is 0 Å². The van der Waals surface area contributed by atoms with Gasteiger partial charge in [-0.1, -0.05) is 13.8 Å². The Hall–Kier alpha value is -1.28. The zero-order chi connectivity index (χ0) is 17.6. The number of carboxylic acid groups (broad SMARTS) is 1. The van der Waals surface area contributed by atoms with Crippen molar-refractivity contribution in [2.75, 3.05) is 12.9 Å². The number of thioether (sulfide) groups is 1. The van der Waals surface area contributed by atoms with Crippen LogP contribution in [-0.2, 0) is 19.1 Å². The zero-order valence-electron chi connectivity index (χ0n) is 13.8. The normalized spacial score (nSPS) is 26.3. The summed E-state index contributed by atoms with van der Waals surface area (Å²) in [5.41, 5.74) is 5.52. The van der Waals surface area contributed by atoms with E-state index in [1.807, 2.05) is 0 Å². The van der Waals surface area contributed by atoms with Gasteiger partial charge in [-0.2, -0.15) is 11.8 Å². The van der Waals surface area contributed by atoms with Crippen LogP contribution in [0.15, 0.2) is 0 Å². The van der Waals surface area contributed by atoms with Gasteiger partial charge in [0.2, 0.25) is 5.91 Å². The molecule has 1 fully saturated rings. The Bertz CT molecular complexity index is 436. The van der Waals surface area contributed by atoms with Gasteiger partial charge in [-0.25, -0.2) is 4.79 Å². The van der Waals surface area contributed by atoms with Crippen LogP contribution in [0, 0.1) is 11.8 Å². The van der Waals surface area contributed by atoms with E-state index in [0.29, 0.717) is 22.8 Å². The summed E-state index contributed by atoms with van der Waals surface area (Å²) in [6, 6.07) is -2.01. The van der Waals surface area contributed by atoms with Crippen molar-refractivity contribution in [2.24, 2.45) is 17.6 Å². The van der Waals surface area contributed by atoms with Crippen molar-refractivity contribution in [2.45, 2.75) is 50.4 Å². The third kappa shape index (κ3) is 6.02. The number of esters is 1. The lowest BCUT2D eigenvalue weighted by atomic mass is 10.1. The second-order valence-electron chi connectivity index (χ2n) is 6.12. The molecule has 0 aromatic heterocycles. The molecular weight excluding hydrogens is 320 g/mol. The van der Waals surface area contributed by atoms with Crippen molar-refractivity contribution in [3.8, 4) is 0 Å². The summed E-state index contributed by atoms with van der Waals surface area (Å²) >= 11 is 1.65. The fourth-order valence-electron chi connectivity index (χ4n) is 2.82. The van der Waals surface area contributed by atoms with Crippen LogP contribution in [0.1, 0.15) is 33.1 Å². The molecule has 1 amide bonds. The van der Waals surface area contributed by atoms with Crippen LogP contribution >= 0.6 is 11.8 Å². The van der Waals surface area contributed by atoms with Gasteiger partial charge in [-0.05, 0) is 24.7 Å². The van der Waals surface area contributed by atoms with E-state index >= 15 is 0 Å². The number of methoxy groups -OCH3 is 1. The molecule has 4 N–H and O–H groups in total. The largest absolute Gasteiger partial charge is 0.481 e. The van der Waals surface area contributed by atoms with Gasteiger partial charge in [0.1, 0.15) is 6.04 Å². The quantitative estimate of drug-likeness (QED) is 0.551. The highest BCUT2D eigenvalue weighted by atomic mass is 32.2. The summed E-state index contributed by atoms with van der Waals surface area (Å²) in [5, 5.41) is 11.6. The van der Waals surface area contributed by atoms with Crippen molar-refractivity contribution in [1.82, 2.24) is 5.32 Å². The smallest absolute Gasteiger partial charge is 0.329 e. The number of ether oxygens (including phenoxy) is 1. The molecule has 1 aliphatic rings. The Morgan fingerprint density at radius 3 is 2.35 bits per heavy atom. The van der Waals surface area contributed by atoms with Crippen molar-refractivity contribution < 1.29 is 24.2 Å². The number of rotatable bonds is 8. The molecule has 7 nitrogen and oxygen atoms in total. The van der Waals surface area contributed by atoms with Crippen LogP contribution in [-0.4, -0.2) is 53.1 Å². The lowest BCUT2D eigenvalue weighted by Crippen LogP contribution is -2.50. The van der Waals surface area contributed by atoms with E-state index in [-0.39, 0.29) is 0 Å². The molecule has 132 valence electrons. The van der Waals surface area contributed by atoms with Crippen LogP contribution in [0.3, 0.4) is 0 Å². The maximum atomic E-state index is 11.9. The van der Waals surface area contributed by atoms with Crippen LogP contribution in [0.5, 0.6) is 0 Å². The number of hydrogen-bond donors (Lipinski definition) is 3. The summed E-state index contributed by atoms with van der Waals surface area (Å²) in [6.07, 6.45) is 1.85. The molecule has 0 bridgehead atoms. The molecule has 1 rings (SSSR count). The number of carboxylic acids is 1. The number of nitrogens with one attached hydrogen (secondary N) is 1. The van der Waals surface area contributed by atoms with Gasteiger partial charge < -0.3 is 20.9 Å². The summed E-state index contributed by atoms with van der Waals surface area (Å²) in [4.78, 5) is 34.4. The van der Waals surface area contributed by atoms with Gasteiger partial charge >= 0.3 is 11.9 Å². The first-order chi connectivity index (χ1) is 10.8. The Balaban J connectivity index is 2.60. The number of aliphatic carboxylic acids is 1. The molecule has 1 aliphatic carbocycles. The number of nitrogens with two attached hydrogens (primary N) is 1. The minimum absolute atomic E-state index is 0.386. The fourth-order valence-corrected chi connectivity index (χ4v) is 4.38. The monoisotopic (exact) mass is 346 g/mol. The lowest BCUT2D eigenvalue weighted by molar-refractivity contribution is -0.144. The maximum Gasteiger partial charge on any atom is 0.329 e. The molecule has 8 heteroatoms. The second kappa shape index (κ2) is 9.12. The minimum Gasteiger partial charge on any atom is -0.481 e. The van der Waals surface area contributed by atoms with E-state index < -0.39 is 36.4 Å². The number of amides is 1.